The standard InChI is InChI=1S/C14H9ClF3NO2.C7H4Cl2O2.C7H6F3N.2CH4/c15-11-6-8(4-5-12(11)20)13(21)19-10-3-1-2-9(7-10)14(16,17)18;8-5-3-4(7(9)11)1-2-6(5)10;8-7(9,10)5-2-1-3-6(11)4-5;;/h1-7,20H,(H,19,21);1-3,10H;1-4H,11H2;2*1H4. The average molecular weight is 700 g/mol. The zero-order valence-corrected chi connectivity index (χ0v) is 23.5. The number of aromatic hydroxyl groups is 2. The molecular weight excluding hydrogens is 673 g/mol. The smallest absolute Gasteiger partial charge is 0.416 e. The predicted molar refractivity (Wildman–Crippen MR) is 165 cm³/mol. The number of halogens is 9. The van der Waals surface area contributed by atoms with Gasteiger partial charge in [0.25, 0.3) is 11.1 Å². The first-order valence-electron chi connectivity index (χ1n) is 11.5. The van der Waals surface area contributed by atoms with Gasteiger partial charge in [0.05, 0.1) is 21.2 Å². The number of nitrogens with one attached hydrogen (secondary N) is 1. The van der Waals surface area contributed by atoms with Gasteiger partial charge in [-0.3, -0.25) is 9.59 Å². The van der Waals surface area contributed by atoms with Crippen LogP contribution in [0.25, 0.3) is 0 Å². The number of nitrogen functional groups attached to an aromatic ring is 1. The molecule has 0 aromatic heterocycles. The molecule has 0 bridgehead atoms. The van der Waals surface area contributed by atoms with Crippen molar-refractivity contribution in [3.8, 4) is 11.5 Å². The molecule has 4 aromatic carbocycles. The van der Waals surface area contributed by atoms with Crippen molar-refractivity contribution in [2.24, 2.45) is 0 Å². The molecule has 1 amide bonds. The highest BCUT2D eigenvalue weighted by molar-refractivity contribution is 6.67. The maximum atomic E-state index is 12.6. The molecule has 0 radical (unpaired) electrons. The van der Waals surface area contributed by atoms with Gasteiger partial charge in [0.2, 0.25) is 0 Å². The van der Waals surface area contributed by atoms with Gasteiger partial charge in [0, 0.05) is 22.5 Å². The first-order valence-corrected chi connectivity index (χ1v) is 12.6. The van der Waals surface area contributed by atoms with Crippen molar-refractivity contribution in [2.45, 2.75) is 27.2 Å². The highest BCUT2D eigenvalue weighted by atomic mass is 35.5. The highest BCUT2D eigenvalue weighted by Crippen LogP contribution is 2.32. The van der Waals surface area contributed by atoms with Gasteiger partial charge in [0.1, 0.15) is 11.5 Å². The number of benzene rings is 4. The summed E-state index contributed by atoms with van der Waals surface area (Å²) in [5.74, 6) is -0.878. The maximum Gasteiger partial charge on any atom is 0.416 e. The molecule has 244 valence electrons. The summed E-state index contributed by atoms with van der Waals surface area (Å²) in [7, 11) is 0. The van der Waals surface area contributed by atoms with Crippen LogP contribution in [0.1, 0.15) is 46.7 Å². The SMILES string of the molecule is C.C.Nc1cccc(C(F)(F)F)c1.O=C(Cl)c1ccc(O)c(Cl)c1.O=C(Nc1cccc(C(F)(F)F)c1)c1ccc(O)c(Cl)c1. The van der Waals surface area contributed by atoms with Gasteiger partial charge < -0.3 is 21.3 Å². The molecule has 15 heteroatoms. The van der Waals surface area contributed by atoms with Crippen molar-refractivity contribution in [3.63, 3.8) is 0 Å². The molecule has 5 N–H and O–H groups in total. The number of nitrogens with two attached hydrogens (primary N) is 1. The Morgan fingerprint density at radius 3 is 1.53 bits per heavy atom. The van der Waals surface area contributed by atoms with Gasteiger partial charge in [-0.15, -0.1) is 0 Å². The Labute approximate surface area is 270 Å². The first-order chi connectivity index (χ1) is 19.9. The van der Waals surface area contributed by atoms with Gasteiger partial charge >= 0.3 is 12.4 Å². The molecular formula is C30H27Cl3F6N2O4. The number of phenolic OH excluding ortho intramolecular Hbond substituents is 2. The first kappa shape index (κ1) is 40.9. The third-order valence-electron chi connectivity index (χ3n) is 5.05. The van der Waals surface area contributed by atoms with Crippen LogP contribution in [-0.2, 0) is 12.4 Å². The van der Waals surface area contributed by atoms with E-state index in [4.69, 9.17) is 45.6 Å². The van der Waals surface area contributed by atoms with Crippen molar-refractivity contribution < 1.29 is 46.1 Å². The Hall–Kier alpha value is -4.13. The van der Waals surface area contributed by atoms with E-state index in [1.54, 1.807) is 0 Å². The lowest BCUT2D eigenvalue weighted by molar-refractivity contribution is -0.138. The second kappa shape index (κ2) is 17.4. The number of hydrogen-bond donors (Lipinski definition) is 4. The number of rotatable bonds is 3. The summed E-state index contributed by atoms with van der Waals surface area (Å²) in [5.41, 5.74) is 4.12. The van der Waals surface area contributed by atoms with E-state index in [0.717, 1.165) is 24.3 Å². The largest absolute Gasteiger partial charge is 0.506 e. The third kappa shape index (κ3) is 13.2. The van der Waals surface area contributed by atoms with Crippen LogP contribution in [0.2, 0.25) is 10.0 Å². The van der Waals surface area contributed by atoms with Crippen molar-refractivity contribution in [3.05, 3.63) is 117 Å². The van der Waals surface area contributed by atoms with Crippen LogP contribution in [0.5, 0.6) is 11.5 Å². The Balaban J connectivity index is 0.000000688. The molecule has 6 nitrogen and oxygen atoms in total. The number of amides is 1. The van der Waals surface area contributed by atoms with Crippen LogP contribution in [0.15, 0.2) is 84.9 Å². The number of carbonyl (C=O) groups excluding carboxylic acids is 2. The summed E-state index contributed by atoms with van der Waals surface area (Å²) in [6, 6.07) is 16.6. The van der Waals surface area contributed by atoms with Crippen LogP contribution < -0.4 is 11.1 Å². The molecule has 0 aliphatic carbocycles. The molecule has 45 heavy (non-hydrogen) atoms. The molecule has 0 unspecified atom stereocenters. The fourth-order valence-corrected chi connectivity index (χ4v) is 3.45. The molecule has 0 saturated carbocycles. The van der Waals surface area contributed by atoms with E-state index in [2.05, 4.69) is 5.32 Å². The third-order valence-corrected chi connectivity index (χ3v) is 5.87. The van der Waals surface area contributed by atoms with E-state index in [9.17, 15) is 41.0 Å². The maximum absolute atomic E-state index is 12.6. The van der Waals surface area contributed by atoms with E-state index in [-0.39, 0.29) is 58.9 Å². The molecule has 0 fully saturated rings. The van der Waals surface area contributed by atoms with Gasteiger partial charge in [-0.25, -0.2) is 0 Å². The molecule has 4 rings (SSSR count). The highest BCUT2D eigenvalue weighted by Gasteiger charge is 2.31. The van der Waals surface area contributed by atoms with Crippen LogP contribution in [0, 0.1) is 0 Å². The van der Waals surface area contributed by atoms with Gasteiger partial charge in [-0.1, -0.05) is 50.2 Å². The monoisotopic (exact) mass is 698 g/mol. The summed E-state index contributed by atoms with van der Waals surface area (Å²) in [6.07, 6.45) is -8.78. The van der Waals surface area contributed by atoms with E-state index >= 15 is 0 Å². The molecule has 0 heterocycles. The molecule has 0 spiro atoms. The Morgan fingerprint density at radius 1 is 0.667 bits per heavy atom. The Morgan fingerprint density at radius 2 is 1.11 bits per heavy atom. The summed E-state index contributed by atoms with van der Waals surface area (Å²) >= 11 is 16.3. The van der Waals surface area contributed by atoms with Crippen molar-refractivity contribution in [1.82, 2.24) is 0 Å². The van der Waals surface area contributed by atoms with Crippen LogP contribution >= 0.6 is 34.8 Å². The van der Waals surface area contributed by atoms with Crippen LogP contribution in [0.3, 0.4) is 0 Å². The summed E-state index contributed by atoms with van der Waals surface area (Å²) in [6.45, 7) is 0. The van der Waals surface area contributed by atoms with Gasteiger partial charge in [-0.2, -0.15) is 26.3 Å². The molecule has 0 atom stereocenters. The van der Waals surface area contributed by atoms with Crippen molar-refractivity contribution in [1.29, 1.82) is 0 Å². The molecule has 0 aliphatic heterocycles. The zero-order valence-electron chi connectivity index (χ0n) is 21.3. The van der Waals surface area contributed by atoms with Crippen LogP contribution in [0.4, 0.5) is 37.7 Å². The minimum atomic E-state index is -4.48. The lowest BCUT2D eigenvalue weighted by Gasteiger charge is -2.10. The van der Waals surface area contributed by atoms with E-state index in [1.165, 1.54) is 60.7 Å². The Bertz CT molecular complexity index is 1600. The summed E-state index contributed by atoms with van der Waals surface area (Å²) < 4.78 is 73.4. The number of hydrogen-bond acceptors (Lipinski definition) is 5. The molecule has 0 saturated heterocycles. The number of phenols is 2. The van der Waals surface area contributed by atoms with Crippen molar-refractivity contribution >= 4 is 57.3 Å². The number of carbonyl (C=O) groups is 2. The van der Waals surface area contributed by atoms with E-state index < -0.39 is 34.6 Å². The van der Waals surface area contributed by atoms with E-state index in [0.29, 0.717) is 0 Å². The predicted octanol–water partition coefficient (Wildman–Crippen LogP) is 10.3. The average Bonchev–Trinajstić information content (AvgIpc) is 2.91. The number of alkyl halides is 6. The topological polar surface area (TPSA) is 113 Å². The normalized spacial score (nSPS) is 10.4. The van der Waals surface area contributed by atoms with Crippen molar-refractivity contribution in [2.75, 3.05) is 11.1 Å². The number of anilines is 2. The lowest BCUT2D eigenvalue weighted by Crippen LogP contribution is -2.13. The fraction of sp³-hybridized carbons (Fsp3) is 0.133. The minimum Gasteiger partial charge on any atom is -0.506 e. The molecule has 0 aliphatic rings. The summed E-state index contributed by atoms with van der Waals surface area (Å²) in [5, 5.41) is 20.0. The van der Waals surface area contributed by atoms with Gasteiger partial charge in [-0.05, 0) is 84.4 Å². The minimum absolute atomic E-state index is 0. The lowest BCUT2D eigenvalue weighted by atomic mass is 10.1. The van der Waals surface area contributed by atoms with Crippen LogP contribution in [-0.4, -0.2) is 21.4 Å². The van der Waals surface area contributed by atoms with E-state index in [1.807, 2.05) is 0 Å². The van der Waals surface area contributed by atoms with Gasteiger partial charge in [0.15, 0.2) is 0 Å². The quantitative estimate of drug-likeness (QED) is 0.0966. The second-order valence-electron chi connectivity index (χ2n) is 8.26. The second-order valence-corrected chi connectivity index (χ2v) is 9.42. The zero-order chi connectivity index (χ0) is 32.5. The Kier molecular flexibility index (Phi) is 15.8. The summed E-state index contributed by atoms with van der Waals surface area (Å²) in [4.78, 5) is 22.4. The molecule has 4 aromatic rings. The fourth-order valence-electron chi connectivity index (χ4n) is 2.97.